The Morgan fingerprint density at radius 2 is 2.13 bits per heavy atom. The van der Waals surface area contributed by atoms with Crippen molar-refractivity contribution in [2.24, 2.45) is 7.05 Å². The number of anilines is 1. The molecule has 0 N–H and O–H groups in total. The van der Waals surface area contributed by atoms with Crippen LogP contribution in [0, 0.1) is 0 Å². The van der Waals surface area contributed by atoms with Gasteiger partial charge in [-0.3, -0.25) is 8.99 Å². The van der Waals surface area contributed by atoms with Gasteiger partial charge in [0.1, 0.15) is 5.82 Å². The lowest BCUT2D eigenvalue weighted by atomic mass is 10.3. The first-order valence-corrected chi connectivity index (χ1v) is 6.32. The minimum Gasteiger partial charge on any atom is -0.370 e. The number of rotatable bonds is 2. The monoisotopic (exact) mass is 231 g/mol. The van der Waals surface area contributed by atoms with Gasteiger partial charge in [-0.1, -0.05) is 0 Å². The maximum Gasteiger partial charge on any atom is 0.233 e. The van der Waals surface area contributed by atoms with Crippen LogP contribution < -0.4 is 4.31 Å². The number of hydrogen-bond acceptors (Lipinski definition) is 4. The Balaban J connectivity index is 2.53. The third-order valence-electron chi connectivity index (χ3n) is 2.48. The minimum atomic E-state index is -3.25. The summed E-state index contributed by atoms with van der Waals surface area (Å²) < 4.78 is 30.9. The molecule has 7 heteroatoms. The lowest BCUT2D eigenvalue weighted by Crippen LogP contribution is -2.27. The fourth-order valence-electron chi connectivity index (χ4n) is 1.68. The van der Waals surface area contributed by atoms with Crippen molar-refractivity contribution in [3.63, 3.8) is 0 Å². The SMILES string of the molecule is CN(c1c2c(nn1C)COC2)S(C)(=O)=O. The molecular formula is C8H13N3O3S. The highest BCUT2D eigenvalue weighted by atomic mass is 32.2. The van der Waals surface area contributed by atoms with Crippen molar-refractivity contribution < 1.29 is 13.2 Å². The van der Waals surface area contributed by atoms with Crippen LogP contribution in [0.4, 0.5) is 5.82 Å². The van der Waals surface area contributed by atoms with Crippen LogP contribution >= 0.6 is 0 Å². The molecule has 0 saturated carbocycles. The van der Waals surface area contributed by atoms with Gasteiger partial charge >= 0.3 is 0 Å². The summed E-state index contributed by atoms with van der Waals surface area (Å²) in [6, 6.07) is 0. The number of nitrogens with zero attached hydrogens (tertiary/aromatic N) is 3. The lowest BCUT2D eigenvalue weighted by Gasteiger charge is -2.17. The second-order valence-electron chi connectivity index (χ2n) is 3.60. The van der Waals surface area contributed by atoms with Gasteiger partial charge in [0.25, 0.3) is 0 Å². The zero-order chi connectivity index (χ0) is 11.2. The maximum absolute atomic E-state index is 11.4. The van der Waals surface area contributed by atoms with Crippen LogP contribution in [0.15, 0.2) is 0 Å². The first-order chi connectivity index (χ1) is 6.91. The van der Waals surface area contributed by atoms with Crippen molar-refractivity contribution in [3.8, 4) is 0 Å². The molecule has 2 rings (SSSR count). The summed E-state index contributed by atoms with van der Waals surface area (Å²) in [6.07, 6.45) is 1.17. The minimum absolute atomic E-state index is 0.429. The van der Waals surface area contributed by atoms with Crippen molar-refractivity contribution in [2.75, 3.05) is 17.6 Å². The summed E-state index contributed by atoms with van der Waals surface area (Å²) in [4.78, 5) is 0. The van der Waals surface area contributed by atoms with Gasteiger partial charge in [0, 0.05) is 19.7 Å². The van der Waals surface area contributed by atoms with Crippen LogP contribution in [0.3, 0.4) is 0 Å². The highest BCUT2D eigenvalue weighted by Gasteiger charge is 2.27. The predicted molar refractivity (Wildman–Crippen MR) is 54.9 cm³/mol. The molecular weight excluding hydrogens is 218 g/mol. The number of aromatic nitrogens is 2. The average molecular weight is 231 g/mol. The van der Waals surface area contributed by atoms with E-state index in [1.54, 1.807) is 11.7 Å². The Morgan fingerprint density at radius 1 is 1.47 bits per heavy atom. The molecule has 0 spiro atoms. The van der Waals surface area contributed by atoms with Crippen LogP contribution in [0.25, 0.3) is 0 Å². The topological polar surface area (TPSA) is 64.4 Å². The number of hydrogen-bond donors (Lipinski definition) is 0. The van der Waals surface area contributed by atoms with Crippen LogP contribution in [-0.4, -0.2) is 31.5 Å². The van der Waals surface area contributed by atoms with E-state index in [2.05, 4.69) is 5.10 Å². The van der Waals surface area contributed by atoms with E-state index in [1.807, 2.05) is 0 Å². The summed E-state index contributed by atoms with van der Waals surface area (Å²) in [5.74, 6) is 0.588. The van der Waals surface area contributed by atoms with Gasteiger partial charge in [-0.2, -0.15) is 5.10 Å². The molecule has 0 saturated heterocycles. The van der Waals surface area contributed by atoms with E-state index in [9.17, 15) is 8.42 Å². The van der Waals surface area contributed by atoms with E-state index < -0.39 is 10.0 Å². The third-order valence-corrected chi connectivity index (χ3v) is 3.64. The molecule has 0 aromatic carbocycles. The maximum atomic E-state index is 11.4. The van der Waals surface area contributed by atoms with E-state index in [4.69, 9.17) is 4.74 Å². The van der Waals surface area contributed by atoms with Crippen LogP contribution in [-0.2, 0) is 35.0 Å². The number of sulfonamides is 1. The number of ether oxygens (including phenoxy) is 1. The molecule has 0 radical (unpaired) electrons. The van der Waals surface area contributed by atoms with Crippen molar-refractivity contribution in [1.82, 2.24) is 9.78 Å². The zero-order valence-corrected chi connectivity index (χ0v) is 9.71. The number of fused-ring (bicyclic) bond motifs is 1. The normalized spacial score (nSPS) is 15.4. The highest BCUT2D eigenvalue weighted by Crippen LogP contribution is 2.29. The Kier molecular flexibility index (Phi) is 2.23. The van der Waals surface area contributed by atoms with Crippen molar-refractivity contribution >= 4 is 15.8 Å². The Labute approximate surface area is 88.5 Å². The van der Waals surface area contributed by atoms with E-state index >= 15 is 0 Å². The molecule has 1 aromatic rings. The van der Waals surface area contributed by atoms with E-state index in [0.29, 0.717) is 19.0 Å². The second-order valence-corrected chi connectivity index (χ2v) is 5.61. The molecule has 2 heterocycles. The quantitative estimate of drug-likeness (QED) is 0.710. The fraction of sp³-hybridized carbons (Fsp3) is 0.625. The first-order valence-electron chi connectivity index (χ1n) is 4.47. The Hall–Kier alpha value is -1.08. The lowest BCUT2D eigenvalue weighted by molar-refractivity contribution is 0.131. The summed E-state index contributed by atoms with van der Waals surface area (Å²) in [6.45, 7) is 0.888. The Morgan fingerprint density at radius 3 is 2.73 bits per heavy atom. The van der Waals surface area contributed by atoms with Gasteiger partial charge in [0.15, 0.2) is 0 Å². The van der Waals surface area contributed by atoms with E-state index in [1.165, 1.54) is 17.6 Å². The van der Waals surface area contributed by atoms with Crippen LogP contribution in [0.2, 0.25) is 0 Å². The smallest absolute Gasteiger partial charge is 0.233 e. The fourth-order valence-corrected chi connectivity index (χ4v) is 2.22. The molecule has 0 atom stereocenters. The van der Waals surface area contributed by atoms with Crippen molar-refractivity contribution in [1.29, 1.82) is 0 Å². The summed E-state index contributed by atoms with van der Waals surface area (Å²) in [5, 5.41) is 4.21. The van der Waals surface area contributed by atoms with Gasteiger partial charge < -0.3 is 4.74 Å². The third kappa shape index (κ3) is 1.61. The number of aryl methyl sites for hydroxylation is 1. The molecule has 0 amide bonds. The van der Waals surface area contributed by atoms with Gasteiger partial charge in [-0.25, -0.2) is 8.42 Å². The average Bonchev–Trinajstić information content (AvgIpc) is 2.60. The molecule has 0 unspecified atom stereocenters. The standard InChI is InChI=1S/C8H13N3O3S/c1-10-8(11(2)15(3,12)13)6-4-14-5-7(6)9-10/h4-5H2,1-3H3. The van der Waals surface area contributed by atoms with Crippen LogP contribution in [0.5, 0.6) is 0 Å². The molecule has 0 fully saturated rings. The van der Waals surface area contributed by atoms with E-state index in [-0.39, 0.29) is 0 Å². The molecule has 84 valence electrons. The molecule has 1 aromatic heterocycles. The molecule has 0 aliphatic carbocycles. The molecule has 15 heavy (non-hydrogen) atoms. The highest BCUT2D eigenvalue weighted by molar-refractivity contribution is 7.92. The first kappa shape index (κ1) is 10.4. The van der Waals surface area contributed by atoms with Gasteiger partial charge in [-0.15, -0.1) is 0 Å². The summed E-state index contributed by atoms with van der Waals surface area (Å²) in [5.41, 5.74) is 1.69. The molecule has 1 aliphatic heterocycles. The predicted octanol–water partition coefficient (Wildman–Crippen LogP) is -0.154. The second kappa shape index (κ2) is 3.21. The van der Waals surface area contributed by atoms with Crippen molar-refractivity contribution in [2.45, 2.75) is 13.2 Å². The Bertz CT molecular complexity index is 491. The van der Waals surface area contributed by atoms with Gasteiger partial charge in [0.05, 0.1) is 25.2 Å². The van der Waals surface area contributed by atoms with E-state index in [0.717, 1.165) is 11.3 Å². The largest absolute Gasteiger partial charge is 0.370 e. The molecule has 0 bridgehead atoms. The van der Waals surface area contributed by atoms with Gasteiger partial charge in [0.2, 0.25) is 10.0 Å². The van der Waals surface area contributed by atoms with Crippen LogP contribution in [0.1, 0.15) is 11.3 Å². The molecule has 6 nitrogen and oxygen atoms in total. The van der Waals surface area contributed by atoms with Crippen molar-refractivity contribution in [3.05, 3.63) is 11.3 Å². The summed E-state index contributed by atoms with van der Waals surface area (Å²) in [7, 11) is -0.00264. The van der Waals surface area contributed by atoms with Gasteiger partial charge in [-0.05, 0) is 0 Å². The zero-order valence-electron chi connectivity index (χ0n) is 8.89. The molecule has 1 aliphatic rings. The summed E-state index contributed by atoms with van der Waals surface area (Å²) >= 11 is 0.